The van der Waals surface area contributed by atoms with Crippen molar-refractivity contribution in [3.63, 3.8) is 0 Å². The molecule has 0 unspecified atom stereocenters. The fourth-order valence-corrected chi connectivity index (χ4v) is 2.78. The molecule has 1 heterocycles. The summed E-state index contributed by atoms with van der Waals surface area (Å²) in [7, 11) is 0. The highest BCUT2D eigenvalue weighted by atomic mass is 79.9. The minimum Gasteiger partial charge on any atom is -0.504 e. The Morgan fingerprint density at radius 3 is 2.92 bits per heavy atom. The van der Waals surface area contributed by atoms with E-state index in [0.717, 1.165) is 11.0 Å². The van der Waals surface area contributed by atoms with Crippen LogP contribution in [0.15, 0.2) is 40.9 Å². The first kappa shape index (κ1) is 16.1. The topological polar surface area (TPSA) is 81.9 Å². The lowest BCUT2D eigenvalue weighted by molar-refractivity contribution is 0.318. The molecule has 0 atom stereocenters. The molecule has 2 aromatic carbocycles. The third kappa shape index (κ3) is 3.12. The first-order chi connectivity index (χ1) is 11.6. The van der Waals surface area contributed by atoms with Crippen LogP contribution in [0.2, 0.25) is 0 Å². The van der Waals surface area contributed by atoms with Gasteiger partial charge in [-0.3, -0.25) is 0 Å². The van der Waals surface area contributed by atoms with Crippen LogP contribution in [-0.2, 0) is 0 Å². The summed E-state index contributed by atoms with van der Waals surface area (Å²) in [5, 5.41) is 19.4. The molecule has 0 aliphatic heterocycles. The second-order valence-corrected chi connectivity index (χ2v) is 5.90. The van der Waals surface area contributed by atoms with Gasteiger partial charge in [-0.1, -0.05) is 28.1 Å². The number of halogens is 1. The van der Waals surface area contributed by atoms with Gasteiger partial charge in [0.1, 0.15) is 11.9 Å². The van der Waals surface area contributed by atoms with Gasteiger partial charge in [-0.2, -0.15) is 5.26 Å². The summed E-state index contributed by atoms with van der Waals surface area (Å²) < 4.78 is 6.05. The first-order valence-corrected chi connectivity index (χ1v) is 8.14. The summed E-state index contributed by atoms with van der Waals surface area (Å²) in [6, 6.07) is 13.0. The molecule has 24 heavy (non-hydrogen) atoms. The van der Waals surface area contributed by atoms with Crippen LogP contribution < -0.4 is 4.74 Å². The van der Waals surface area contributed by atoms with Gasteiger partial charge in [0.15, 0.2) is 11.5 Å². The SMILES string of the molecule is CCOc1cc(C=C(C#N)c2nc3ccccc3[nH]2)c(Br)cc1O. The smallest absolute Gasteiger partial charge is 0.161 e. The zero-order valence-electron chi connectivity index (χ0n) is 12.9. The van der Waals surface area contributed by atoms with E-state index in [4.69, 9.17) is 4.74 Å². The minimum atomic E-state index is 0.0446. The zero-order chi connectivity index (χ0) is 17.1. The number of aromatic hydroxyl groups is 1. The van der Waals surface area contributed by atoms with Gasteiger partial charge in [0.25, 0.3) is 0 Å². The number of H-pyrrole nitrogens is 1. The molecule has 3 rings (SSSR count). The molecule has 2 N–H and O–H groups in total. The second-order valence-electron chi connectivity index (χ2n) is 5.05. The molecule has 6 heteroatoms. The maximum absolute atomic E-state index is 9.89. The molecule has 3 aromatic rings. The Morgan fingerprint density at radius 2 is 2.21 bits per heavy atom. The number of benzene rings is 2. The average Bonchev–Trinajstić information content (AvgIpc) is 3.00. The van der Waals surface area contributed by atoms with Gasteiger partial charge in [0.05, 0.1) is 23.2 Å². The molecule has 0 aliphatic rings. The van der Waals surface area contributed by atoms with Gasteiger partial charge >= 0.3 is 0 Å². The van der Waals surface area contributed by atoms with Gasteiger partial charge in [0, 0.05) is 4.47 Å². The summed E-state index contributed by atoms with van der Waals surface area (Å²) in [6.07, 6.45) is 1.70. The number of aromatic amines is 1. The van der Waals surface area contributed by atoms with Crippen molar-refractivity contribution in [2.45, 2.75) is 6.92 Å². The molecule has 0 amide bonds. The summed E-state index contributed by atoms with van der Waals surface area (Å²) in [5.41, 5.74) is 2.77. The standard InChI is InChI=1S/C18H14BrN3O2/c1-2-24-17-8-11(13(19)9-16(17)23)7-12(10-20)18-21-14-5-3-4-6-15(14)22-18/h3-9,23H,2H2,1H3,(H,21,22). The molecule has 0 fully saturated rings. The van der Waals surface area contributed by atoms with Gasteiger partial charge in [-0.05, 0) is 42.8 Å². The number of fused-ring (bicyclic) bond motifs is 1. The lowest BCUT2D eigenvalue weighted by Crippen LogP contribution is -1.93. The number of nitrogens with one attached hydrogen (secondary N) is 1. The summed E-state index contributed by atoms with van der Waals surface area (Å²) in [4.78, 5) is 7.58. The molecule has 0 bridgehead atoms. The van der Waals surface area contributed by atoms with E-state index in [1.807, 2.05) is 31.2 Å². The Labute approximate surface area is 147 Å². The lowest BCUT2D eigenvalue weighted by Gasteiger charge is -2.08. The number of para-hydroxylation sites is 2. The van der Waals surface area contributed by atoms with Crippen molar-refractivity contribution in [2.24, 2.45) is 0 Å². The van der Waals surface area contributed by atoms with E-state index in [-0.39, 0.29) is 5.75 Å². The van der Waals surface area contributed by atoms with Crippen LogP contribution in [0.3, 0.4) is 0 Å². The van der Waals surface area contributed by atoms with Crippen molar-refractivity contribution in [2.75, 3.05) is 6.61 Å². The van der Waals surface area contributed by atoms with E-state index in [1.165, 1.54) is 0 Å². The Morgan fingerprint density at radius 1 is 1.42 bits per heavy atom. The highest BCUT2D eigenvalue weighted by Crippen LogP contribution is 2.34. The predicted molar refractivity (Wildman–Crippen MR) is 96.6 cm³/mol. The summed E-state index contributed by atoms with van der Waals surface area (Å²) in [6.45, 7) is 2.28. The fraction of sp³-hybridized carbons (Fsp3) is 0.111. The van der Waals surface area contributed by atoms with Crippen molar-refractivity contribution in [1.29, 1.82) is 5.26 Å². The Hall–Kier alpha value is -2.78. The van der Waals surface area contributed by atoms with Crippen molar-refractivity contribution in [3.05, 3.63) is 52.3 Å². The van der Waals surface area contributed by atoms with E-state index in [2.05, 4.69) is 32.0 Å². The van der Waals surface area contributed by atoms with E-state index < -0.39 is 0 Å². The van der Waals surface area contributed by atoms with Gasteiger partial charge in [-0.15, -0.1) is 0 Å². The number of phenols is 1. The quantitative estimate of drug-likeness (QED) is 0.650. The number of hydrogen-bond acceptors (Lipinski definition) is 4. The number of allylic oxidation sites excluding steroid dienone is 1. The Kier molecular flexibility index (Phi) is 4.54. The zero-order valence-corrected chi connectivity index (χ0v) is 14.5. The van der Waals surface area contributed by atoms with Crippen molar-refractivity contribution < 1.29 is 9.84 Å². The van der Waals surface area contributed by atoms with Crippen LogP contribution in [0.25, 0.3) is 22.7 Å². The van der Waals surface area contributed by atoms with Gasteiger partial charge < -0.3 is 14.8 Å². The van der Waals surface area contributed by atoms with E-state index in [9.17, 15) is 10.4 Å². The molecular weight excluding hydrogens is 370 g/mol. The molecule has 0 saturated heterocycles. The highest BCUT2D eigenvalue weighted by Gasteiger charge is 2.11. The van der Waals surface area contributed by atoms with E-state index >= 15 is 0 Å². The fourth-order valence-electron chi connectivity index (χ4n) is 2.33. The van der Waals surface area contributed by atoms with Crippen LogP contribution in [0, 0.1) is 11.3 Å². The van der Waals surface area contributed by atoms with Crippen LogP contribution in [-0.4, -0.2) is 21.7 Å². The Balaban J connectivity index is 2.07. The molecule has 0 aliphatic carbocycles. The van der Waals surface area contributed by atoms with Crippen molar-refractivity contribution in [1.82, 2.24) is 9.97 Å². The maximum atomic E-state index is 9.89. The molecule has 1 aromatic heterocycles. The number of rotatable bonds is 4. The lowest BCUT2D eigenvalue weighted by atomic mass is 10.1. The number of phenolic OH excluding ortho intramolecular Hbond substituents is 1. The third-order valence-electron chi connectivity index (χ3n) is 3.44. The monoisotopic (exact) mass is 383 g/mol. The van der Waals surface area contributed by atoms with Crippen molar-refractivity contribution in [3.8, 4) is 17.6 Å². The number of hydrogen-bond donors (Lipinski definition) is 2. The van der Waals surface area contributed by atoms with Crippen LogP contribution >= 0.6 is 15.9 Å². The normalized spacial score (nSPS) is 11.5. The maximum Gasteiger partial charge on any atom is 0.161 e. The van der Waals surface area contributed by atoms with Crippen LogP contribution in [0.5, 0.6) is 11.5 Å². The van der Waals surface area contributed by atoms with Crippen LogP contribution in [0.1, 0.15) is 18.3 Å². The van der Waals surface area contributed by atoms with Crippen LogP contribution in [0.4, 0.5) is 0 Å². The average molecular weight is 384 g/mol. The molecule has 120 valence electrons. The van der Waals surface area contributed by atoms with Crippen molar-refractivity contribution >= 4 is 38.6 Å². The molecule has 5 nitrogen and oxygen atoms in total. The summed E-state index contributed by atoms with van der Waals surface area (Å²) in [5.74, 6) is 0.911. The largest absolute Gasteiger partial charge is 0.504 e. The predicted octanol–water partition coefficient (Wildman–Crippen LogP) is 4.49. The number of ether oxygens (including phenoxy) is 1. The number of nitriles is 1. The third-order valence-corrected chi connectivity index (χ3v) is 4.13. The molecule has 0 radical (unpaired) electrons. The van der Waals surface area contributed by atoms with E-state index in [1.54, 1.807) is 18.2 Å². The second kappa shape index (κ2) is 6.77. The number of aromatic nitrogens is 2. The number of imidazole rings is 1. The Bertz CT molecular complexity index is 937. The minimum absolute atomic E-state index is 0.0446. The number of nitrogens with zero attached hydrogens (tertiary/aromatic N) is 2. The molecule has 0 saturated carbocycles. The molecular formula is C18H14BrN3O2. The van der Waals surface area contributed by atoms with E-state index in [0.29, 0.717) is 33.8 Å². The van der Waals surface area contributed by atoms with Gasteiger partial charge in [0.2, 0.25) is 0 Å². The van der Waals surface area contributed by atoms with Gasteiger partial charge in [-0.25, -0.2) is 4.98 Å². The molecule has 0 spiro atoms. The first-order valence-electron chi connectivity index (χ1n) is 7.34. The highest BCUT2D eigenvalue weighted by molar-refractivity contribution is 9.10. The summed E-state index contributed by atoms with van der Waals surface area (Å²) >= 11 is 3.40.